The summed E-state index contributed by atoms with van der Waals surface area (Å²) in [5, 5.41) is 7.92. The molecule has 67 heavy (non-hydrogen) atoms. The molecule has 4 aromatic carbocycles. The normalized spacial score (nSPS) is 10.6. The first-order valence-electron chi connectivity index (χ1n) is 20.6. The third-order valence-electron chi connectivity index (χ3n) is 9.25. The molecule has 0 amide bonds. The van der Waals surface area contributed by atoms with Crippen LogP contribution in [0.25, 0.3) is 0 Å². The van der Waals surface area contributed by atoms with E-state index in [1.54, 1.807) is 33.8 Å². The first-order chi connectivity index (χ1) is 31.3. The number of thiol groups is 1. The van der Waals surface area contributed by atoms with E-state index < -0.39 is 39.7 Å². The van der Waals surface area contributed by atoms with E-state index in [9.17, 15) is 32.4 Å². The minimum Gasteiger partial charge on any atom is -0.487 e. The maximum atomic E-state index is 12.3. The van der Waals surface area contributed by atoms with Gasteiger partial charge in [-0.1, -0.05) is 46.4 Å². The van der Waals surface area contributed by atoms with Crippen LogP contribution in [0.15, 0.2) is 74.1 Å². The highest BCUT2D eigenvalue weighted by molar-refractivity contribution is 8.00. The molecule has 364 valence electrons. The highest BCUT2D eigenvalue weighted by Crippen LogP contribution is 2.29. The molecule has 0 bridgehead atoms. The molecule has 1 aromatic heterocycles. The number of nitrogens with one attached hydrogen (secondary N) is 2. The summed E-state index contributed by atoms with van der Waals surface area (Å²) >= 11 is 29.5. The number of halogens is 4. The molecular weight excluding hydrogens is 1000 g/mol. The Balaban J connectivity index is 0.000000315. The molecule has 0 atom stereocenters. The summed E-state index contributed by atoms with van der Waals surface area (Å²) in [6.07, 6.45) is -0.703. The van der Waals surface area contributed by atoms with Crippen molar-refractivity contribution in [3.05, 3.63) is 135 Å². The summed E-state index contributed by atoms with van der Waals surface area (Å²) < 4.78 is 39.5. The number of thioether (sulfide) groups is 1. The van der Waals surface area contributed by atoms with Gasteiger partial charge in [0.2, 0.25) is 0 Å². The lowest BCUT2D eigenvalue weighted by molar-refractivity contribution is -0.146. The van der Waals surface area contributed by atoms with Crippen molar-refractivity contribution >= 4 is 104 Å². The number of ether oxygens (including phenoxy) is 3. The van der Waals surface area contributed by atoms with E-state index in [1.807, 2.05) is 77.9 Å². The van der Waals surface area contributed by atoms with Crippen LogP contribution in [-0.2, 0) is 45.1 Å². The minimum atomic E-state index is -3.81. The average Bonchev–Trinajstić information content (AvgIpc) is 3.65. The van der Waals surface area contributed by atoms with Gasteiger partial charge in [0.05, 0.1) is 29.6 Å². The third-order valence-corrected chi connectivity index (χ3v) is 14.4. The smallest absolute Gasteiger partial charge is 0.313 e. The number of carbonyl (C=O) groups excluding carboxylic acids is 4. The van der Waals surface area contributed by atoms with Crippen molar-refractivity contribution in [1.82, 2.24) is 10.2 Å². The van der Waals surface area contributed by atoms with E-state index in [2.05, 4.69) is 27.6 Å². The van der Waals surface area contributed by atoms with Crippen LogP contribution in [0.5, 0.6) is 5.75 Å². The number of Topliss-reactive ketones (excluding diaryl/α,β-unsaturated/α-hetero) is 2. The number of carbonyl (C=O) groups is 4. The number of ketones is 2. The second kappa shape index (κ2) is 28.3. The fourth-order valence-corrected chi connectivity index (χ4v) is 9.26. The Morgan fingerprint density at radius 3 is 1.60 bits per heavy atom. The van der Waals surface area contributed by atoms with Crippen LogP contribution in [0.4, 0.5) is 0 Å². The van der Waals surface area contributed by atoms with Crippen molar-refractivity contribution in [3.8, 4) is 5.75 Å². The maximum absolute atomic E-state index is 12.3. The van der Waals surface area contributed by atoms with Gasteiger partial charge in [0.15, 0.2) is 21.4 Å². The predicted molar refractivity (Wildman–Crippen MR) is 272 cm³/mol. The van der Waals surface area contributed by atoms with Gasteiger partial charge in [-0.15, -0.1) is 24.4 Å². The number of aryl methyl sites for hydroxylation is 8. The predicted octanol–water partition coefficient (Wildman–Crippen LogP) is 11.6. The molecule has 0 radical (unpaired) electrons. The number of rotatable bonds is 15. The SMILES string of the molecule is CCOC(=O)CC(=O)CS(=O)(=O)c1cc(C)c(Cl)cc1C.CCOC(=O)CC(=O)CSc1cc(C)c(Cl)cc1C.Cc1cc(Cl)c(C)cc1S.Cc1cc(OCc2cc(=O)[nH][nH]2)c(C)cc1Cl. The van der Waals surface area contributed by atoms with E-state index in [-0.39, 0.29) is 35.0 Å². The number of aromatic nitrogens is 2. The van der Waals surface area contributed by atoms with Crippen molar-refractivity contribution in [2.45, 2.75) is 103 Å². The van der Waals surface area contributed by atoms with Gasteiger partial charge in [-0.05, 0) is 162 Å². The van der Waals surface area contributed by atoms with Crippen molar-refractivity contribution in [2.24, 2.45) is 0 Å². The Morgan fingerprint density at radius 1 is 0.597 bits per heavy atom. The third kappa shape index (κ3) is 20.5. The summed E-state index contributed by atoms with van der Waals surface area (Å²) in [6, 6.07) is 16.0. The van der Waals surface area contributed by atoms with Gasteiger partial charge in [0.1, 0.15) is 31.0 Å². The van der Waals surface area contributed by atoms with E-state index in [4.69, 9.17) is 55.9 Å². The van der Waals surface area contributed by atoms with E-state index in [0.717, 1.165) is 64.0 Å². The number of hydrogen-bond donors (Lipinski definition) is 3. The fraction of sp³-hybridized carbons (Fsp3) is 0.354. The van der Waals surface area contributed by atoms with Crippen molar-refractivity contribution < 1.29 is 41.8 Å². The molecule has 0 aliphatic heterocycles. The molecule has 0 spiro atoms. The number of benzene rings is 4. The molecule has 0 saturated heterocycles. The molecular formula is C48H56Cl4N2O10S3. The zero-order chi connectivity index (χ0) is 50.8. The quantitative estimate of drug-likeness (QED) is 0.0393. The molecule has 5 aromatic rings. The molecule has 1 heterocycles. The summed E-state index contributed by atoms with van der Waals surface area (Å²) in [5.74, 6) is -1.70. The highest BCUT2D eigenvalue weighted by Gasteiger charge is 2.24. The largest absolute Gasteiger partial charge is 0.487 e. The summed E-state index contributed by atoms with van der Waals surface area (Å²) in [7, 11) is -3.81. The Labute approximate surface area is 422 Å². The Kier molecular flexibility index (Phi) is 24.9. The Bertz CT molecular complexity index is 2670. The topological polar surface area (TPSA) is 179 Å². The molecule has 5 rings (SSSR count). The first-order valence-corrected chi connectivity index (χ1v) is 25.2. The fourth-order valence-electron chi connectivity index (χ4n) is 5.58. The van der Waals surface area contributed by atoms with Crippen LogP contribution >= 0.6 is 70.8 Å². The van der Waals surface area contributed by atoms with E-state index >= 15 is 0 Å². The molecule has 19 heteroatoms. The molecule has 12 nitrogen and oxygen atoms in total. The number of H-pyrrole nitrogens is 2. The summed E-state index contributed by atoms with van der Waals surface area (Å²) in [4.78, 5) is 58.6. The van der Waals surface area contributed by atoms with Crippen LogP contribution in [0.1, 0.15) is 76.9 Å². The first kappa shape index (κ1) is 58.9. The summed E-state index contributed by atoms with van der Waals surface area (Å²) in [6.45, 7) is 19.1. The van der Waals surface area contributed by atoms with Gasteiger partial charge in [-0.25, -0.2) is 8.42 Å². The molecule has 0 fully saturated rings. The van der Waals surface area contributed by atoms with Crippen LogP contribution in [0.3, 0.4) is 0 Å². The van der Waals surface area contributed by atoms with Crippen molar-refractivity contribution in [3.63, 3.8) is 0 Å². The zero-order valence-electron chi connectivity index (χ0n) is 39.0. The van der Waals surface area contributed by atoms with Crippen molar-refractivity contribution in [1.29, 1.82) is 0 Å². The number of sulfone groups is 1. The maximum Gasteiger partial charge on any atom is 0.313 e. The van der Waals surface area contributed by atoms with Gasteiger partial charge in [0.25, 0.3) is 5.56 Å². The lowest BCUT2D eigenvalue weighted by Crippen LogP contribution is -2.21. The van der Waals surface area contributed by atoms with Crippen LogP contribution in [-0.4, -0.2) is 66.8 Å². The number of esters is 2. The second-order valence-corrected chi connectivity index (χ2v) is 20.2. The lowest BCUT2D eigenvalue weighted by Gasteiger charge is -2.10. The minimum absolute atomic E-state index is 0.0570. The standard InChI is InChI=1S/C14H17ClO5S.C14H17ClO3S.C12H13ClN2O2.C8H9ClS/c1-4-20-14(17)7-11(16)8-21(18,19)13-6-9(2)12(15)5-10(13)3;1-4-18-14(17)7-11(16)8-19-13-6-9(2)12(15)5-10(13)3;1-7-4-11(8(2)3-10(7)13)17-6-9-5-12(16)15-14-9;1-5-4-8(10)6(2)3-7(5)9/h5-6H,4,7-8H2,1-3H3;5-6H,4,7-8H2,1-3H3;3-5H,6H2,1-2H3,(H2,14,15,16);3-4,10H,1-2H3. The van der Waals surface area contributed by atoms with Crippen LogP contribution in [0, 0.1) is 55.4 Å². The van der Waals surface area contributed by atoms with Gasteiger partial charge in [-0.3, -0.25) is 34.2 Å². The second-order valence-electron chi connectivity index (χ2n) is 15.1. The van der Waals surface area contributed by atoms with E-state index in [0.29, 0.717) is 35.1 Å². The highest BCUT2D eigenvalue weighted by atomic mass is 35.5. The molecule has 0 aliphatic rings. The Morgan fingerprint density at radius 2 is 1.07 bits per heavy atom. The monoisotopic (exact) mass is 1060 g/mol. The molecule has 0 saturated carbocycles. The molecule has 0 unspecified atom stereocenters. The molecule has 0 aliphatic carbocycles. The van der Waals surface area contributed by atoms with Gasteiger partial charge in [-0.2, -0.15) is 0 Å². The molecule has 2 N–H and O–H groups in total. The van der Waals surface area contributed by atoms with Crippen molar-refractivity contribution in [2.75, 3.05) is 24.7 Å². The Hall–Kier alpha value is -4.22. The average molecular weight is 1060 g/mol. The van der Waals surface area contributed by atoms with Crippen LogP contribution in [0.2, 0.25) is 20.1 Å². The number of aromatic amines is 2. The van der Waals surface area contributed by atoms with Crippen LogP contribution < -0.4 is 10.3 Å². The lowest BCUT2D eigenvalue weighted by atomic mass is 10.1. The van der Waals surface area contributed by atoms with Gasteiger partial charge < -0.3 is 14.2 Å². The zero-order valence-corrected chi connectivity index (χ0v) is 44.6. The number of hydrogen-bond acceptors (Lipinski definition) is 12. The van der Waals surface area contributed by atoms with Gasteiger partial charge >= 0.3 is 11.9 Å². The van der Waals surface area contributed by atoms with E-state index in [1.165, 1.54) is 23.9 Å². The summed E-state index contributed by atoms with van der Waals surface area (Å²) in [5.41, 5.74) is 7.78. The van der Waals surface area contributed by atoms with Gasteiger partial charge in [0, 0.05) is 35.9 Å².